The smallest absolute Gasteiger partial charge is 0.329 e. The molecule has 0 fully saturated rings. The van der Waals surface area contributed by atoms with E-state index in [1.807, 2.05) is 25.1 Å². The Bertz CT molecular complexity index is 621. The van der Waals surface area contributed by atoms with Crippen LogP contribution in [-0.4, -0.2) is 39.8 Å². The van der Waals surface area contributed by atoms with Crippen molar-refractivity contribution in [1.29, 1.82) is 0 Å². The first-order chi connectivity index (χ1) is 9.52. The van der Waals surface area contributed by atoms with Gasteiger partial charge in [0.2, 0.25) is 0 Å². The van der Waals surface area contributed by atoms with Gasteiger partial charge in [-0.1, -0.05) is 24.6 Å². The molecule has 106 valence electrons. The monoisotopic (exact) mass is 292 g/mol. The summed E-state index contributed by atoms with van der Waals surface area (Å²) < 4.78 is 1.43. The zero-order chi connectivity index (χ0) is 14.7. The van der Waals surface area contributed by atoms with Gasteiger partial charge in [0.15, 0.2) is 0 Å². The summed E-state index contributed by atoms with van der Waals surface area (Å²) in [5.74, 6) is 0. The first-order valence-corrected chi connectivity index (χ1v) is 6.79. The van der Waals surface area contributed by atoms with Crippen molar-refractivity contribution < 1.29 is 4.79 Å². The maximum absolute atomic E-state index is 12.1. The lowest BCUT2D eigenvalue weighted by molar-refractivity contribution is 0.215. The van der Waals surface area contributed by atoms with Gasteiger partial charge in [0, 0.05) is 26.7 Å². The number of carbonyl (C=O) groups excluding carboxylic acids is 1. The van der Waals surface area contributed by atoms with Gasteiger partial charge in [0.05, 0.1) is 11.4 Å². The second-order valence-corrected chi connectivity index (χ2v) is 5.06. The van der Waals surface area contributed by atoms with Crippen LogP contribution in [0.15, 0.2) is 24.4 Å². The number of hydrogen-bond donors (Lipinski definition) is 0. The van der Waals surface area contributed by atoms with Gasteiger partial charge in [-0.25, -0.2) is 9.78 Å². The molecular weight excluding hydrogens is 276 g/mol. The van der Waals surface area contributed by atoms with Crippen LogP contribution in [-0.2, 0) is 12.8 Å². The largest absolute Gasteiger partial charge is 0.344 e. The zero-order valence-corrected chi connectivity index (χ0v) is 12.6. The molecule has 20 heavy (non-hydrogen) atoms. The number of aryl methyl sites for hydroxylation is 1. The van der Waals surface area contributed by atoms with Crippen LogP contribution in [0.5, 0.6) is 0 Å². The highest BCUT2D eigenvalue weighted by molar-refractivity contribution is 6.30. The molecule has 1 amide bonds. The van der Waals surface area contributed by atoms with E-state index in [0.717, 1.165) is 23.4 Å². The predicted octanol–water partition coefficient (Wildman–Crippen LogP) is 2.61. The summed E-state index contributed by atoms with van der Waals surface area (Å²) in [5.41, 5.74) is 2.58. The number of hydrogen-bond acceptors (Lipinski definition) is 3. The third-order valence-corrected chi connectivity index (χ3v) is 3.31. The van der Waals surface area contributed by atoms with Crippen molar-refractivity contribution in [3.05, 3.63) is 46.5 Å². The molecule has 0 spiro atoms. The molecule has 0 saturated carbocycles. The normalized spacial score (nSPS) is 10.6. The van der Waals surface area contributed by atoms with Crippen LogP contribution in [0.2, 0.25) is 5.15 Å². The Labute approximate surface area is 123 Å². The standard InChI is InChI=1S/C14H17ClN4O/c1-4-11-9-12(19(17-11)14(20)18(2)3)8-10-6-5-7-16-13(10)15/h5-7,9H,4,8H2,1-3H3. The molecule has 5 nitrogen and oxygen atoms in total. The van der Waals surface area contributed by atoms with Crippen molar-refractivity contribution in [2.75, 3.05) is 14.1 Å². The van der Waals surface area contributed by atoms with E-state index in [9.17, 15) is 4.79 Å². The topological polar surface area (TPSA) is 51.0 Å². The Kier molecular flexibility index (Phi) is 4.39. The van der Waals surface area contributed by atoms with Crippen LogP contribution >= 0.6 is 11.6 Å². The number of amides is 1. The van der Waals surface area contributed by atoms with Crippen LogP contribution in [0.25, 0.3) is 0 Å². The van der Waals surface area contributed by atoms with Crippen molar-refractivity contribution >= 4 is 17.6 Å². The molecule has 2 aromatic rings. The van der Waals surface area contributed by atoms with E-state index >= 15 is 0 Å². The lowest BCUT2D eigenvalue weighted by Gasteiger charge is -2.12. The third-order valence-electron chi connectivity index (χ3n) is 2.97. The Morgan fingerprint density at radius 1 is 1.45 bits per heavy atom. The molecule has 6 heteroatoms. The minimum absolute atomic E-state index is 0.167. The van der Waals surface area contributed by atoms with Crippen LogP contribution < -0.4 is 0 Å². The fourth-order valence-corrected chi connectivity index (χ4v) is 2.06. The average molecular weight is 293 g/mol. The molecule has 2 heterocycles. The molecule has 0 aromatic carbocycles. The van der Waals surface area contributed by atoms with Crippen molar-refractivity contribution in [3.63, 3.8) is 0 Å². The Morgan fingerprint density at radius 3 is 2.80 bits per heavy atom. The van der Waals surface area contributed by atoms with Crippen molar-refractivity contribution in [2.24, 2.45) is 0 Å². The van der Waals surface area contributed by atoms with E-state index in [1.165, 1.54) is 9.58 Å². The average Bonchev–Trinajstić information content (AvgIpc) is 2.83. The second-order valence-electron chi connectivity index (χ2n) is 4.70. The summed E-state index contributed by atoms with van der Waals surface area (Å²) in [6.45, 7) is 2.01. The van der Waals surface area contributed by atoms with Crippen LogP contribution in [0.1, 0.15) is 23.9 Å². The van der Waals surface area contributed by atoms with E-state index in [-0.39, 0.29) is 6.03 Å². The number of pyridine rings is 1. The Hall–Kier alpha value is -1.88. The van der Waals surface area contributed by atoms with Crippen LogP contribution in [0, 0.1) is 0 Å². The molecule has 0 N–H and O–H groups in total. The molecular formula is C14H17ClN4O. The second kappa shape index (κ2) is 6.05. The molecule has 0 saturated heterocycles. The molecule has 2 rings (SSSR count). The summed E-state index contributed by atoms with van der Waals surface area (Å²) in [6.07, 6.45) is 2.95. The number of halogens is 1. The van der Waals surface area contributed by atoms with Gasteiger partial charge in [0.25, 0.3) is 0 Å². The van der Waals surface area contributed by atoms with E-state index in [2.05, 4.69) is 10.1 Å². The van der Waals surface area contributed by atoms with E-state index in [4.69, 9.17) is 11.6 Å². The van der Waals surface area contributed by atoms with Crippen molar-refractivity contribution in [2.45, 2.75) is 19.8 Å². The summed E-state index contributed by atoms with van der Waals surface area (Å²) in [7, 11) is 3.41. The molecule has 0 radical (unpaired) electrons. The van der Waals surface area contributed by atoms with Gasteiger partial charge in [-0.3, -0.25) is 0 Å². The molecule has 0 unspecified atom stereocenters. The minimum atomic E-state index is -0.167. The fourth-order valence-electron chi connectivity index (χ4n) is 1.88. The minimum Gasteiger partial charge on any atom is -0.329 e. The quantitative estimate of drug-likeness (QED) is 0.817. The molecule has 0 aliphatic heterocycles. The number of carbonyl (C=O) groups is 1. The molecule has 0 bridgehead atoms. The van der Waals surface area contributed by atoms with Gasteiger partial charge >= 0.3 is 6.03 Å². The summed E-state index contributed by atoms with van der Waals surface area (Å²) in [4.78, 5) is 17.7. The van der Waals surface area contributed by atoms with Crippen LogP contribution in [0.3, 0.4) is 0 Å². The lowest BCUT2D eigenvalue weighted by Crippen LogP contribution is -2.29. The highest BCUT2D eigenvalue weighted by Gasteiger charge is 2.16. The molecule has 0 atom stereocenters. The van der Waals surface area contributed by atoms with Crippen molar-refractivity contribution in [1.82, 2.24) is 19.7 Å². The van der Waals surface area contributed by atoms with Gasteiger partial charge in [-0.05, 0) is 24.1 Å². The molecule has 2 aromatic heterocycles. The van der Waals surface area contributed by atoms with E-state index in [1.54, 1.807) is 20.3 Å². The zero-order valence-electron chi connectivity index (χ0n) is 11.8. The number of aromatic nitrogens is 3. The lowest BCUT2D eigenvalue weighted by atomic mass is 10.1. The SMILES string of the molecule is CCc1cc(Cc2cccnc2Cl)n(C(=O)N(C)C)n1. The Morgan fingerprint density at radius 2 is 2.20 bits per heavy atom. The first kappa shape index (κ1) is 14.5. The Balaban J connectivity index is 2.38. The van der Waals surface area contributed by atoms with Crippen molar-refractivity contribution in [3.8, 4) is 0 Å². The number of rotatable bonds is 3. The maximum atomic E-state index is 12.1. The number of nitrogens with zero attached hydrogens (tertiary/aromatic N) is 4. The van der Waals surface area contributed by atoms with Gasteiger partial charge < -0.3 is 4.90 Å². The highest BCUT2D eigenvalue weighted by Crippen LogP contribution is 2.18. The summed E-state index contributed by atoms with van der Waals surface area (Å²) >= 11 is 6.07. The van der Waals surface area contributed by atoms with Gasteiger partial charge in [-0.15, -0.1) is 0 Å². The third kappa shape index (κ3) is 2.99. The maximum Gasteiger partial charge on any atom is 0.344 e. The van der Waals surface area contributed by atoms with Crippen LogP contribution in [0.4, 0.5) is 4.79 Å². The molecule has 0 aliphatic carbocycles. The highest BCUT2D eigenvalue weighted by atomic mass is 35.5. The van der Waals surface area contributed by atoms with Gasteiger partial charge in [-0.2, -0.15) is 9.78 Å². The molecule has 0 aliphatic rings. The summed E-state index contributed by atoms with van der Waals surface area (Å²) in [6, 6.07) is 5.50. The first-order valence-electron chi connectivity index (χ1n) is 6.41. The van der Waals surface area contributed by atoms with E-state index < -0.39 is 0 Å². The van der Waals surface area contributed by atoms with E-state index in [0.29, 0.717) is 11.6 Å². The predicted molar refractivity (Wildman–Crippen MR) is 78.1 cm³/mol. The summed E-state index contributed by atoms with van der Waals surface area (Å²) in [5, 5.41) is 4.79. The van der Waals surface area contributed by atoms with Gasteiger partial charge in [0.1, 0.15) is 5.15 Å². The fraction of sp³-hybridized carbons (Fsp3) is 0.357.